The minimum Gasteiger partial charge on any atom is -0.489 e. The lowest BCUT2D eigenvalue weighted by Gasteiger charge is -2.43. The molecule has 1 saturated heterocycles. The van der Waals surface area contributed by atoms with Gasteiger partial charge in [-0.1, -0.05) is 19.3 Å². The van der Waals surface area contributed by atoms with Crippen molar-refractivity contribution in [3.05, 3.63) is 18.5 Å². The Morgan fingerprint density at radius 3 is 2.81 bits per heavy atom. The Hall–Kier alpha value is -1.11. The topological polar surface area (TPSA) is 71.8 Å². The molecule has 5 nitrogen and oxygen atoms in total. The highest BCUT2D eigenvalue weighted by molar-refractivity contribution is 6.58. The Balaban J connectivity index is 1.65. The SMILES string of the molecule is OB(O)c1cncc(OC2CCOC3(CCCCC3)C2)c1. The molecule has 1 atom stereocenters. The van der Waals surface area contributed by atoms with Crippen LogP contribution in [0.4, 0.5) is 0 Å². The zero-order valence-corrected chi connectivity index (χ0v) is 12.2. The predicted molar refractivity (Wildman–Crippen MR) is 79.5 cm³/mol. The number of rotatable bonds is 3. The van der Waals surface area contributed by atoms with Crippen molar-refractivity contribution in [2.45, 2.75) is 56.7 Å². The van der Waals surface area contributed by atoms with Gasteiger partial charge in [-0.2, -0.15) is 0 Å². The van der Waals surface area contributed by atoms with E-state index in [4.69, 9.17) is 9.47 Å². The Morgan fingerprint density at radius 1 is 1.24 bits per heavy atom. The predicted octanol–water partition coefficient (Wildman–Crippen LogP) is 1.02. The summed E-state index contributed by atoms with van der Waals surface area (Å²) in [5, 5.41) is 18.4. The van der Waals surface area contributed by atoms with Crippen LogP contribution in [0.2, 0.25) is 0 Å². The molecular formula is C15H22BNO4. The third-order valence-electron chi connectivity index (χ3n) is 4.55. The number of hydrogen-bond donors (Lipinski definition) is 2. The second-order valence-electron chi connectivity index (χ2n) is 6.15. The lowest BCUT2D eigenvalue weighted by atomic mass is 9.79. The third-order valence-corrected chi connectivity index (χ3v) is 4.55. The Kier molecular flexibility index (Phi) is 4.47. The van der Waals surface area contributed by atoms with Crippen LogP contribution in [0.1, 0.15) is 44.9 Å². The van der Waals surface area contributed by atoms with Crippen molar-refractivity contribution >= 4 is 12.6 Å². The minimum atomic E-state index is -1.51. The van der Waals surface area contributed by atoms with Crippen LogP contribution in [-0.2, 0) is 4.74 Å². The molecule has 2 aliphatic rings. The van der Waals surface area contributed by atoms with Gasteiger partial charge in [0.15, 0.2) is 0 Å². The molecule has 1 aliphatic carbocycles. The fourth-order valence-electron chi connectivity index (χ4n) is 3.46. The van der Waals surface area contributed by atoms with Gasteiger partial charge in [-0.3, -0.25) is 4.98 Å². The van der Waals surface area contributed by atoms with E-state index >= 15 is 0 Å². The first-order chi connectivity index (χ1) is 10.2. The highest BCUT2D eigenvalue weighted by Gasteiger charge is 2.39. The average Bonchev–Trinajstić information content (AvgIpc) is 2.48. The molecule has 1 aromatic heterocycles. The molecule has 2 heterocycles. The van der Waals surface area contributed by atoms with E-state index in [1.165, 1.54) is 25.5 Å². The van der Waals surface area contributed by atoms with E-state index in [1.807, 2.05) is 0 Å². The van der Waals surface area contributed by atoms with E-state index in [9.17, 15) is 10.0 Å². The molecule has 0 aromatic carbocycles. The van der Waals surface area contributed by atoms with Crippen LogP contribution in [0.3, 0.4) is 0 Å². The first kappa shape index (κ1) is 14.8. The van der Waals surface area contributed by atoms with Crippen molar-refractivity contribution in [1.82, 2.24) is 4.98 Å². The first-order valence-corrected chi connectivity index (χ1v) is 7.79. The van der Waals surface area contributed by atoms with Gasteiger partial charge < -0.3 is 19.5 Å². The van der Waals surface area contributed by atoms with Crippen LogP contribution >= 0.6 is 0 Å². The van der Waals surface area contributed by atoms with Gasteiger partial charge in [0.2, 0.25) is 0 Å². The van der Waals surface area contributed by atoms with Crippen LogP contribution in [0.15, 0.2) is 18.5 Å². The summed E-state index contributed by atoms with van der Waals surface area (Å²) >= 11 is 0. The average molecular weight is 291 g/mol. The lowest BCUT2D eigenvalue weighted by molar-refractivity contribution is -0.129. The molecule has 6 heteroatoms. The molecule has 1 aliphatic heterocycles. The summed E-state index contributed by atoms with van der Waals surface area (Å²) in [6.45, 7) is 0.737. The van der Waals surface area contributed by atoms with Gasteiger partial charge in [0.05, 0.1) is 18.4 Å². The van der Waals surface area contributed by atoms with Crippen molar-refractivity contribution in [2.75, 3.05) is 6.61 Å². The molecule has 2 N–H and O–H groups in total. The smallest absolute Gasteiger partial charge is 0.489 e. The molecule has 1 spiro atoms. The summed E-state index contributed by atoms with van der Waals surface area (Å²) in [7, 11) is -1.51. The van der Waals surface area contributed by atoms with Crippen molar-refractivity contribution in [2.24, 2.45) is 0 Å². The summed E-state index contributed by atoms with van der Waals surface area (Å²) < 4.78 is 12.1. The molecular weight excluding hydrogens is 269 g/mol. The quantitative estimate of drug-likeness (QED) is 0.814. The Morgan fingerprint density at radius 2 is 2.05 bits per heavy atom. The summed E-state index contributed by atoms with van der Waals surface area (Å²) in [5.41, 5.74) is 0.356. The third kappa shape index (κ3) is 3.57. The molecule has 2 fully saturated rings. The maximum atomic E-state index is 9.19. The zero-order valence-electron chi connectivity index (χ0n) is 12.2. The lowest BCUT2D eigenvalue weighted by Crippen LogP contribution is -2.45. The number of pyridine rings is 1. The number of nitrogens with zero attached hydrogens (tertiary/aromatic N) is 1. The highest BCUT2D eigenvalue weighted by atomic mass is 16.5. The second kappa shape index (κ2) is 6.34. The number of ether oxygens (including phenoxy) is 2. The zero-order chi connectivity index (χ0) is 14.7. The molecule has 3 rings (SSSR count). The Bertz CT molecular complexity index is 471. The molecule has 0 amide bonds. The van der Waals surface area contributed by atoms with Crippen molar-refractivity contribution in [1.29, 1.82) is 0 Å². The molecule has 0 radical (unpaired) electrons. The van der Waals surface area contributed by atoms with Crippen molar-refractivity contribution in [3.63, 3.8) is 0 Å². The van der Waals surface area contributed by atoms with E-state index in [-0.39, 0.29) is 11.7 Å². The van der Waals surface area contributed by atoms with Gasteiger partial charge in [0, 0.05) is 24.5 Å². The fraction of sp³-hybridized carbons (Fsp3) is 0.667. The van der Waals surface area contributed by atoms with Crippen molar-refractivity contribution < 1.29 is 19.5 Å². The van der Waals surface area contributed by atoms with Gasteiger partial charge in [-0.25, -0.2) is 0 Å². The van der Waals surface area contributed by atoms with E-state index in [1.54, 1.807) is 12.3 Å². The molecule has 114 valence electrons. The van der Waals surface area contributed by atoms with E-state index in [2.05, 4.69) is 4.98 Å². The molecule has 1 unspecified atom stereocenters. The molecule has 0 bridgehead atoms. The van der Waals surface area contributed by atoms with Crippen LogP contribution in [0, 0.1) is 0 Å². The summed E-state index contributed by atoms with van der Waals surface area (Å²) in [5.74, 6) is 0.596. The summed E-state index contributed by atoms with van der Waals surface area (Å²) in [4.78, 5) is 4.00. The van der Waals surface area contributed by atoms with Crippen LogP contribution < -0.4 is 10.2 Å². The number of hydrogen-bond acceptors (Lipinski definition) is 5. The van der Waals surface area contributed by atoms with Crippen LogP contribution in [0.5, 0.6) is 5.75 Å². The molecule has 1 aromatic rings. The van der Waals surface area contributed by atoms with E-state index < -0.39 is 7.12 Å². The monoisotopic (exact) mass is 291 g/mol. The van der Waals surface area contributed by atoms with Gasteiger partial charge in [0.25, 0.3) is 0 Å². The van der Waals surface area contributed by atoms with Gasteiger partial charge >= 0.3 is 7.12 Å². The normalized spacial score (nSPS) is 24.8. The minimum absolute atomic E-state index is 0.00268. The largest absolute Gasteiger partial charge is 0.490 e. The second-order valence-corrected chi connectivity index (χ2v) is 6.15. The maximum absolute atomic E-state index is 9.19. The fourth-order valence-corrected chi connectivity index (χ4v) is 3.46. The van der Waals surface area contributed by atoms with Gasteiger partial charge in [0.1, 0.15) is 11.9 Å². The van der Waals surface area contributed by atoms with Crippen LogP contribution in [0.25, 0.3) is 0 Å². The summed E-state index contributed by atoms with van der Waals surface area (Å²) in [6, 6.07) is 1.64. The molecule has 21 heavy (non-hydrogen) atoms. The number of aromatic nitrogens is 1. The van der Waals surface area contributed by atoms with Gasteiger partial charge in [-0.05, 0) is 18.9 Å². The molecule has 1 saturated carbocycles. The standard InChI is InChI=1S/C15H22BNO4/c18-16(19)12-8-14(11-17-10-12)21-13-4-7-20-15(9-13)5-2-1-3-6-15/h8,10-11,13,18-19H,1-7,9H2. The summed E-state index contributed by atoms with van der Waals surface area (Å²) in [6.07, 6.45) is 11.0. The highest BCUT2D eigenvalue weighted by Crippen LogP contribution is 2.39. The van der Waals surface area contributed by atoms with E-state index in [0.29, 0.717) is 11.2 Å². The van der Waals surface area contributed by atoms with Crippen LogP contribution in [-0.4, -0.2) is 40.5 Å². The maximum Gasteiger partial charge on any atom is 0.490 e. The Labute approximate surface area is 125 Å². The van der Waals surface area contributed by atoms with Crippen molar-refractivity contribution in [3.8, 4) is 5.75 Å². The van der Waals surface area contributed by atoms with E-state index in [0.717, 1.165) is 32.3 Å². The van der Waals surface area contributed by atoms with Gasteiger partial charge in [-0.15, -0.1) is 0 Å². The first-order valence-electron chi connectivity index (χ1n) is 7.79.